The van der Waals surface area contributed by atoms with Crippen molar-refractivity contribution in [2.75, 3.05) is 11.9 Å². The molecule has 2 aromatic rings. The van der Waals surface area contributed by atoms with Crippen LogP contribution in [0.1, 0.15) is 16.1 Å². The predicted molar refractivity (Wildman–Crippen MR) is 80.0 cm³/mol. The van der Waals surface area contributed by atoms with Crippen LogP contribution in [0.5, 0.6) is 0 Å². The molecular formula is C13H14Cl2N2S. The molecule has 0 aliphatic heterocycles. The summed E-state index contributed by atoms with van der Waals surface area (Å²) < 4.78 is 0.817. The highest BCUT2D eigenvalue weighted by Crippen LogP contribution is 2.24. The second-order valence-corrected chi connectivity index (χ2v) is 6.24. The fourth-order valence-electron chi connectivity index (χ4n) is 1.75. The van der Waals surface area contributed by atoms with Gasteiger partial charge in [0.1, 0.15) is 5.82 Å². The van der Waals surface area contributed by atoms with Crippen LogP contribution in [-0.4, -0.2) is 12.0 Å². The summed E-state index contributed by atoms with van der Waals surface area (Å²) in [4.78, 5) is 7.85. The number of aromatic nitrogens is 1. The first-order chi connectivity index (χ1) is 8.58. The number of nitrogens with zero attached hydrogens (tertiary/aromatic N) is 2. The highest BCUT2D eigenvalue weighted by molar-refractivity contribution is 7.16. The monoisotopic (exact) mass is 300 g/mol. The van der Waals surface area contributed by atoms with Gasteiger partial charge in [0, 0.05) is 23.5 Å². The summed E-state index contributed by atoms with van der Waals surface area (Å²) in [5.41, 5.74) is 2.08. The minimum absolute atomic E-state index is 0.509. The van der Waals surface area contributed by atoms with E-state index in [1.807, 2.05) is 38.2 Å². The average molecular weight is 301 g/mol. The Labute approximate surface area is 121 Å². The number of pyridine rings is 1. The van der Waals surface area contributed by atoms with Crippen molar-refractivity contribution < 1.29 is 0 Å². The summed E-state index contributed by atoms with van der Waals surface area (Å²) in [5, 5.41) is 0. The third kappa shape index (κ3) is 3.37. The standard InChI is InChI=1S/C13H14Cl2N2S/c1-9-5-10(7-14)6-13(16-9)17(2)8-11-3-4-12(15)18-11/h3-6H,7-8H2,1-2H3. The Morgan fingerprint density at radius 1 is 1.33 bits per heavy atom. The maximum absolute atomic E-state index is 5.93. The third-order valence-electron chi connectivity index (χ3n) is 2.57. The van der Waals surface area contributed by atoms with E-state index >= 15 is 0 Å². The Hall–Kier alpha value is -0.770. The van der Waals surface area contributed by atoms with Gasteiger partial charge in [0.2, 0.25) is 0 Å². The van der Waals surface area contributed by atoms with Crippen molar-refractivity contribution >= 4 is 40.4 Å². The van der Waals surface area contributed by atoms with Gasteiger partial charge in [0.25, 0.3) is 0 Å². The van der Waals surface area contributed by atoms with Crippen molar-refractivity contribution in [1.29, 1.82) is 0 Å². The van der Waals surface area contributed by atoms with E-state index in [4.69, 9.17) is 23.2 Å². The summed E-state index contributed by atoms with van der Waals surface area (Å²) in [7, 11) is 2.02. The van der Waals surface area contributed by atoms with Crippen LogP contribution in [0, 0.1) is 6.92 Å². The predicted octanol–water partition coefficient (Wildman–Crippen LogP) is 4.48. The molecular weight excluding hydrogens is 287 g/mol. The van der Waals surface area contributed by atoms with E-state index in [-0.39, 0.29) is 0 Å². The van der Waals surface area contributed by atoms with E-state index in [2.05, 4.69) is 9.88 Å². The molecule has 0 bridgehead atoms. The molecule has 2 nitrogen and oxygen atoms in total. The molecule has 2 heterocycles. The molecule has 0 atom stereocenters. The Bertz CT molecular complexity index is 540. The minimum Gasteiger partial charge on any atom is -0.355 e. The molecule has 0 amide bonds. The Morgan fingerprint density at radius 2 is 2.11 bits per heavy atom. The molecule has 0 saturated heterocycles. The zero-order valence-electron chi connectivity index (χ0n) is 10.3. The van der Waals surface area contributed by atoms with Gasteiger partial charge >= 0.3 is 0 Å². The van der Waals surface area contributed by atoms with Gasteiger partial charge in [-0.25, -0.2) is 4.98 Å². The van der Waals surface area contributed by atoms with Gasteiger partial charge in [0.05, 0.1) is 10.9 Å². The number of aryl methyl sites for hydroxylation is 1. The molecule has 0 aromatic carbocycles. The molecule has 2 aromatic heterocycles. The van der Waals surface area contributed by atoms with Crippen LogP contribution in [0.2, 0.25) is 4.34 Å². The van der Waals surface area contributed by atoms with E-state index in [0.29, 0.717) is 5.88 Å². The molecule has 5 heteroatoms. The Morgan fingerprint density at radius 3 is 2.72 bits per heavy atom. The van der Waals surface area contributed by atoms with Crippen molar-refractivity contribution in [3.63, 3.8) is 0 Å². The molecule has 0 unspecified atom stereocenters. The number of halogens is 2. The highest BCUT2D eigenvalue weighted by atomic mass is 35.5. The van der Waals surface area contributed by atoms with Gasteiger partial charge < -0.3 is 4.90 Å². The minimum atomic E-state index is 0.509. The van der Waals surface area contributed by atoms with Crippen LogP contribution in [0.4, 0.5) is 5.82 Å². The second kappa shape index (κ2) is 5.91. The largest absolute Gasteiger partial charge is 0.355 e. The van der Waals surface area contributed by atoms with Crippen LogP contribution >= 0.6 is 34.5 Å². The summed E-state index contributed by atoms with van der Waals surface area (Å²) in [6, 6.07) is 7.99. The third-order valence-corrected chi connectivity index (χ3v) is 4.09. The first-order valence-corrected chi connectivity index (χ1v) is 7.30. The van der Waals surface area contributed by atoms with Crippen molar-refractivity contribution in [3.8, 4) is 0 Å². The first-order valence-electron chi connectivity index (χ1n) is 5.57. The lowest BCUT2D eigenvalue weighted by Crippen LogP contribution is -2.17. The van der Waals surface area contributed by atoms with Crippen LogP contribution < -0.4 is 4.90 Å². The highest BCUT2D eigenvalue weighted by Gasteiger charge is 2.07. The van der Waals surface area contributed by atoms with Gasteiger partial charge in [-0.3, -0.25) is 0 Å². The number of anilines is 1. The lowest BCUT2D eigenvalue weighted by Gasteiger charge is -2.18. The summed E-state index contributed by atoms with van der Waals surface area (Å²) in [6.45, 7) is 2.78. The van der Waals surface area contributed by atoms with Crippen molar-refractivity contribution in [1.82, 2.24) is 4.98 Å². The van der Waals surface area contributed by atoms with Crippen molar-refractivity contribution in [2.24, 2.45) is 0 Å². The SMILES string of the molecule is Cc1cc(CCl)cc(N(C)Cc2ccc(Cl)s2)n1. The molecule has 2 rings (SSSR count). The van der Waals surface area contributed by atoms with Crippen LogP contribution in [0.15, 0.2) is 24.3 Å². The Balaban J connectivity index is 2.17. The van der Waals surface area contributed by atoms with Crippen LogP contribution in [0.3, 0.4) is 0 Å². The molecule has 0 N–H and O–H groups in total. The van der Waals surface area contributed by atoms with Gasteiger partial charge in [0.15, 0.2) is 0 Å². The van der Waals surface area contributed by atoms with E-state index in [9.17, 15) is 0 Å². The maximum atomic E-state index is 5.93. The molecule has 0 aliphatic rings. The lowest BCUT2D eigenvalue weighted by molar-refractivity contribution is 0.903. The number of hydrogen-bond acceptors (Lipinski definition) is 3. The average Bonchev–Trinajstić information content (AvgIpc) is 2.73. The van der Waals surface area contributed by atoms with Crippen LogP contribution in [0.25, 0.3) is 0 Å². The molecule has 96 valence electrons. The Kier molecular flexibility index (Phi) is 4.49. The zero-order chi connectivity index (χ0) is 13.1. The molecule has 18 heavy (non-hydrogen) atoms. The van der Waals surface area contributed by atoms with E-state index in [1.165, 1.54) is 4.88 Å². The number of alkyl halides is 1. The normalized spacial score (nSPS) is 10.7. The number of hydrogen-bond donors (Lipinski definition) is 0. The van der Waals surface area contributed by atoms with Gasteiger partial charge in [-0.1, -0.05) is 11.6 Å². The lowest BCUT2D eigenvalue weighted by atomic mass is 10.2. The molecule has 0 saturated carbocycles. The molecule has 0 fully saturated rings. The van der Waals surface area contributed by atoms with E-state index in [1.54, 1.807) is 11.3 Å². The summed E-state index contributed by atoms with van der Waals surface area (Å²) in [5.74, 6) is 1.45. The quantitative estimate of drug-likeness (QED) is 0.774. The molecule has 0 radical (unpaired) electrons. The summed E-state index contributed by atoms with van der Waals surface area (Å²) >= 11 is 13.4. The number of thiophene rings is 1. The van der Waals surface area contributed by atoms with Gasteiger partial charge in [-0.15, -0.1) is 22.9 Å². The topological polar surface area (TPSA) is 16.1 Å². The number of rotatable bonds is 4. The zero-order valence-corrected chi connectivity index (χ0v) is 12.6. The van der Waals surface area contributed by atoms with Gasteiger partial charge in [-0.2, -0.15) is 0 Å². The van der Waals surface area contributed by atoms with E-state index in [0.717, 1.165) is 28.0 Å². The van der Waals surface area contributed by atoms with Crippen molar-refractivity contribution in [2.45, 2.75) is 19.3 Å². The first kappa shape index (κ1) is 13.7. The summed E-state index contributed by atoms with van der Waals surface area (Å²) in [6.07, 6.45) is 0. The van der Waals surface area contributed by atoms with Gasteiger partial charge in [-0.05, 0) is 36.8 Å². The van der Waals surface area contributed by atoms with E-state index < -0.39 is 0 Å². The second-order valence-electron chi connectivity index (χ2n) is 4.17. The van der Waals surface area contributed by atoms with Crippen molar-refractivity contribution in [3.05, 3.63) is 44.7 Å². The molecule has 0 spiro atoms. The smallest absolute Gasteiger partial charge is 0.129 e. The molecule has 0 aliphatic carbocycles. The fourth-order valence-corrected chi connectivity index (χ4v) is 3.04. The maximum Gasteiger partial charge on any atom is 0.129 e. The fraction of sp³-hybridized carbons (Fsp3) is 0.308. The van der Waals surface area contributed by atoms with Crippen LogP contribution in [-0.2, 0) is 12.4 Å².